The van der Waals surface area contributed by atoms with Gasteiger partial charge < -0.3 is 4.74 Å². The maximum atomic E-state index is 5.91. The van der Waals surface area contributed by atoms with Gasteiger partial charge in [-0.1, -0.05) is 49.7 Å². The van der Waals surface area contributed by atoms with E-state index in [-0.39, 0.29) is 0 Å². The quantitative estimate of drug-likeness (QED) is 0.730. The topological polar surface area (TPSA) is 9.23 Å². The molecular formula is C17H19ClO. The summed E-state index contributed by atoms with van der Waals surface area (Å²) in [5.41, 5.74) is 3.59. The van der Waals surface area contributed by atoms with Gasteiger partial charge in [-0.25, -0.2) is 0 Å². The van der Waals surface area contributed by atoms with Crippen LogP contribution in [0.5, 0.6) is 5.75 Å². The summed E-state index contributed by atoms with van der Waals surface area (Å²) >= 11 is 5.87. The van der Waals surface area contributed by atoms with Crippen LogP contribution in [0.4, 0.5) is 0 Å². The first kappa shape index (κ1) is 14.0. The average Bonchev–Trinajstić information content (AvgIpc) is 2.39. The molecule has 0 aliphatic carbocycles. The molecule has 0 spiro atoms. The van der Waals surface area contributed by atoms with Crippen LogP contribution in [0.25, 0.3) is 0 Å². The first-order chi connectivity index (χ1) is 9.06. The highest BCUT2D eigenvalue weighted by atomic mass is 35.5. The van der Waals surface area contributed by atoms with E-state index in [1.54, 1.807) is 0 Å². The van der Waals surface area contributed by atoms with Crippen LogP contribution < -0.4 is 4.74 Å². The van der Waals surface area contributed by atoms with E-state index in [1.165, 1.54) is 11.1 Å². The summed E-state index contributed by atoms with van der Waals surface area (Å²) < 4.78 is 5.91. The molecule has 2 aromatic carbocycles. The number of halogens is 1. The van der Waals surface area contributed by atoms with Gasteiger partial charge in [-0.3, -0.25) is 0 Å². The Hall–Kier alpha value is -1.47. The van der Waals surface area contributed by atoms with Gasteiger partial charge in [0.2, 0.25) is 0 Å². The molecule has 0 unspecified atom stereocenters. The van der Waals surface area contributed by atoms with Crippen LogP contribution in [0, 0.1) is 6.92 Å². The summed E-state index contributed by atoms with van der Waals surface area (Å²) in [5, 5.41) is 0.752. The molecule has 1 nitrogen and oxygen atoms in total. The van der Waals surface area contributed by atoms with E-state index in [0.29, 0.717) is 12.5 Å². The van der Waals surface area contributed by atoms with Crippen LogP contribution in [0.3, 0.4) is 0 Å². The van der Waals surface area contributed by atoms with E-state index in [4.69, 9.17) is 16.3 Å². The van der Waals surface area contributed by atoms with Crippen LogP contribution in [-0.2, 0) is 6.61 Å². The van der Waals surface area contributed by atoms with Crippen molar-refractivity contribution in [2.75, 3.05) is 0 Å². The van der Waals surface area contributed by atoms with Crippen LogP contribution in [0.2, 0.25) is 5.02 Å². The minimum absolute atomic E-state index is 0.512. The Morgan fingerprint density at radius 3 is 2.37 bits per heavy atom. The van der Waals surface area contributed by atoms with Crippen molar-refractivity contribution in [3.63, 3.8) is 0 Å². The van der Waals surface area contributed by atoms with Gasteiger partial charge in [-0.05, 0) is 47.7 Å². The number of ether oxygens (including phenoxy) is 1. The Morgan fingerprint density at radius 2 is 1.74 bits per heavy atom. The Labute approximate surface area is 120 Å². The third-order valence-corrected chi connectivity index (χ3v) is 3.44. The first-order valence-electron chi connectivity index (χ1n) is 6.54. The lowest BCUT2D eigenvalue weighted by atomic mass is 10.0. The van der Waals surface area contributed by atoms with Gasteiger partial charge in [-0.2, -0.15) is 0 Å². The van der Waals surface area contributed by atoms with Gasteiger partial charge in [-0.15, -0.1) is 0 Å². The maximum absolute atomic E-state index is 5.91. The summed E-state index contributed by atoms with van der Waals surface area (Å²) in [4.78, 5) is 0. The average molecular weight is 275 g/mol. The fraction of sp³-hybridized carbons (Fsp3) is 0.294. The highest BCUT2D eigenvalue weighted by Crippen LogP contribution is 2.25. The molecule has 0 saturated heterocycles. The van der Waals surface area contributed by atoms with E-state index in [9.17, 15) is 0 Å². The van der Waals surface area contributed by atoms with E-state index in [1.807, 2.05) is 24.3 Å². The molecule has 2 heteroatoms. The van der Waals surface area contributed by atoms with Crippen molar-refractivity contribution in [2.45, 2.75) is 33.3 Å². The molecule has 2 aromatic rings. The molecule has 0 atom stereocenters. The number of rotatable bonds is 4. The van der Waals surface area contributed by atoms with Gasteiger partial charge in [0, 0.05) is 5.02 Å². The van der Waals surface area contributed by atoms with E-state index >= 15 is 0 Å². The fourth-order valence-corrected chi connectivity index (χ4v) is 2.00. The molecule has 0 amide bonds. The normalized spacial score (nSPS) is 10.8. The van der Waals surface area contributed by atoms with Crippen LogP contribution in [0.1, 0.15) is 36.5 Å². The lowest BCUT2D eigenvalue weighted by Crippen LogP contribution is -1.98. The van der Waals surface area contributed by atoms with E-state index in [2.05, 4.69) is 39.0 Å². The monoisotopic (exact) mass is 274 g/mol. The van der Waals surface area contributed by atoms with Gasteiger partial charge in [0.25, 0.3) is 0 Å². The minimum atomic E-state index is 0.512. The molecule has 100 valence electrons. The smallest absolute Gasteiger partial charge is 0.122 e. The van der Waals surface area contributed by atoms with Gasteiger partial charge in [0.1, 0.15) is 12.4 Å². The molecule has 0 saturated carbocycles. The Balaban J connectivity index is 2.10. The van der Waals surface area contributed by atoms with Gasteiger partial charge >= 0.3 is 0 Å². The van der Waals surface area contributed by atoms with Crippen molar-refractivity contribution >= 4 is 11.6 Å². The molecular weight excluding hydrogens is 256 g/mol. The molecule has 2 rings (SSSR count). The molecule has 0 aliphatic heterocycles. The highest BCUT2D eigenvalue weighted by Gasteiger charge is 2.05. The number of hydrogen-bond donors (Lipinski definition) is 0. The van der Waals surface area contributed by atoms with Gasteiger partial charge in [0.05, 0.1) is 0 Å². The van der Waals surface area contributed by atoms with Crippen LogP contribution >= 0.6 is 11.6 Å². The number of benzene rings is 2. The summed E-state index contributed by atoms with van der Waals surface area (Å²) in [5.74, 6) is 1.47. The van der Waals surface area contributed by atoms with Crippen LogP contribution in [-0.4, -0.2) is 0 Å². The fourth-order valence-electron chi connectivity index (χ4n) is 1.87. The second kappa shape index (κ2) is 6.12. The lowest BCUT2D eigenvalue weighted by molar-refractivity contribution is 0.303. The second-order valence-corrected chi connectivity index (χ2v) is 5.53. The molecule has 0 fully saturated rings. The Bertz CT molecular complexity index is 544. The summed E-state index contributed by atoms with van der Waals surface area (Å²) in [7, 11) is 0. The summed E-state index contributed by atoms with van der Waals surface area (Å²) in [6.45, 7) is 7.02. The zero-order valence-corrected chi connectivity index (χ0v) is 12.4. The zero-order valence-electron chi connectivity index (χ0n) is 11.6. The van der Waals surface area contributed by atoms with E-state index < -0.39 is 0 Å². The van der Waals surface area contributed by atoms with Crippen molar-refractivity contribution in [1.29, 1.82) is 0 Å². The third kappa shape index (κ3) is 3.74. The summed E-state index contributed by atoms with van der Waals surface area (Å²) in [6, 6.07) is 14.2. The third-order valence-electron chi connectivity index (χ3n) is 3.19. The minimum Gasteiger partial charge on any atom is -0.489 e. The van der Waals surface area contributed by atoms with Crippen molar-refractivity contribution in [3.8, 4) is 5.75 Å². The molecule has 0 radical (unpaired) electrons. The predicted molar refractivity (Wildman–Crippen MR) is 81.1 cm³/mol. The van der Waals surface area contributed by atoms with Crippen LogP contribution in [0.15, 0.2) is 42.5 Å². The summed E-state index contributed by atoms with van der Waals surface area (Å²) in [6.07, 6.45) is 0. The Kier molecular flexibility index (Phi) is 4.49. The number of hydrogen-bond acceptors (Lipinski definition) is 1. The molecule has 0 aromatic heterocycles. The van der Waals surface area contributed by atoms with Crippen molar-refractivity contribution in [3.05, 3.63) is 64.2 Å². The molecule has 0 heterocycles. The highest BCUT2D eigenvalue weighted by molar-refractivity contribution is 6.30. The lowest BCUT2D eigenvalue weighted by Gasteiger charge is -2.13. The molecule has 0 bridgehead atoms. The Morgan fingerprint density at radius 1 is 1.05 bits per heavy atom. The number of aryl methyl sites for hydroxylation is 1. The zero-order chi connectivity index (χ0) is 13.8. The standard InChI is InChI=1S/C17H19ClO/c1-12(2)15-7-4-13(3)17(10-15)19-11-14-5-8-16(18)9-6-14/h4-10,12H,11H2,1-3H3. The van der Waals surface area contributed by atoms with Crippen molar-refractivity contribution in [2.24, 2.45) is 0 Å². The second-order valence-electron chi connectivity index (χ2n) is 5.09. The first-order valence-corrected chi connectivity index (χ1v) is 6.92. The maximum Gasteiger partial charge on any atom is 0.122 e. The molecule has 0 N–H and O–H groups in total. The van der Waals surface area contributed by atoms with Crippen molar-refractivity contribution < 1.29 is 4.74 Å². The molecule has 0 aliphatic rings. The predicted octanol–water partition coefficient (Wildman–Crippen LogP) is 5.35. The van der Waals surface area contributed by atoms with E-state index in [0.717, 1.165) is 16.3 Å². The largest absolute Gasteiger partial charge is 0.489 e. The van der Waals surface area contributed by atoms with Crippen molar-refractivity contribution in [1.82, 2.24) is 0 Å². The molecule has 19 heavy (non-hydrogen) atoms. The van der Waals surface area contributed by atoms with Gasteiger partial charge in [0.15, 0.2) is 0 Å². The SMILES string of the molecule is Cc1ccc(C(C)C)cc1OCc1ccc(Cl)cc1.